The summed E-state index contributed by atoms with van der Waals surface area (Å²) in [4.78, 5) is 27.6. The van der Waals surface area contributed by atoms with Gasteiger partial charge >= 0.3 is 0 Å². The Morgan fingerprint density at radius 2 is 2.20 bits per heavy atom. The van der Waals surface area contributed by atoms with Crippen LogP contribution in [0.5, 0.6) is 0 Å². The maximum atomic E-state index is 12.2. The van der Waals surface area contributed by atoms with Crippen LogP contribution in [0.1, 0.15) is 21.6 Å². The lowest BCUT2D eigenvalue weighted by molar-refractivity contribution is -0.115. The fourth-order valence-corrected chi connectivity index (χ4v) is 2.18. The molecular formula is C15H13N3O2. The number of pyridine rings is 1. The van der Waals surface area contributed by atoms with Gasteiger partial charge in [0.1, 0.15) is 0 Å². The summed E-state index contributed by atoms with van der Waals surface area (Å²) in [6.07, 6.45) is 2.00. The third-order valence-electron chi connectivity index (χ3n) is 3.25. The Hall–Kier alpha value is -2.69. The van der Waals surface area contributed by atoms with Crippen LogP contribution in [0, 0.1) is 6.92 Å². The molecule has 20 heavy (non-hydrogen) atoms. The zero-order chi connectivity index (χ0) is 14.1. The van der Waals surface area contributed by atoms with Gasteiger partial charge in [-0.25, -0.2) is 0 Å². The molecule has 1 aromatic heterocycles. The van der Waals surface area contributed by atoms with Crippen molar-refractivity contribution in [3.05, 3.63) is 53.3 Å². The number of aromatic nitrogens is 1. The van der Waals surface area contributed by atoms with Crippen LogP contribution in [0.4, 0.5) is 11.4 Å². The maximum Gasteiger partial charge on any atom is 0.255 e. The van der Waals surface area contributed by atoms with Gasteiger partial charge in [-0.05, 0) is 42.8 Å². The van der Waals surface area contributed by atoms with Crippen LogP contribution < -0.4 is 10.6 Å². The molecule has 0 radical (unpaired) electrons. The van der Waals surface area contributed by atoms with Gasteiger partial charge in [0.2, 0.25) is 5.91 Å². The average Bonchev–Trinajstić information content (AvgIpc) is 2.80. The van der Waals surface area contributed by atoms with Gasteiger partial charge in [0.25, 0.3) is 5.91 Å². The van der Waals surface area contributed by atoms with Gasteiger partial charge in [0, 0.05) is 17.4 Å². The Labute approximate surface area is 116 Å². The van der Waals surface area contributed by atoms with Gasteiger partial charge < -0.3 is 10.6 Å². The zero-order valence-electron chi connectivity index (χ0n) is 10.9. The van der Waals surface area contributed by atoms with E-state index in [2.05, 4.69) is 15.6 Å². The number of anilines is 2. The molecule has 1 aliphatic rings. The van der Waals surface area contributed by atoms with Crippen molar-refractivity contribution >= 4 is 23.2 Å². The number of benzene rings is 1. The Morgan fingerprint density at radius 1 is 1.35 bits per heavy atom. The van der Waals surface area contributed by atoms with Crippen molar-refractivity contribution in [1.82, 2.24) is 4.98 Å². The van der Waals surface area contributed by atoms with E-state index in [9.17, 15) is 9.59 Å². The lowest BCUT2D eigenvalue weighted by Gasteiger charge is -2.08. The summed E-state index contributed by atoms with van der Waals surface area (Å²) in [5.41, 5.74) is 3.62. The topological polar surface area (TPSA) is 71.1 Å². The summed E-state index contributed by atoms with van der Waals surface area (Å²) >= 11 is 0. The van der Waals surface area contributed by atoms with E-state index >= 15 is 0 Å². The molecule has 5 nitrogen and oxygen atoms in total. The molecule has 1 aliphatic heterocycles. The molecular weight excluding hydrogens is 254 g/mol. The van der Waals surface area contributed by atoms with Crippen molar-refractivity contribution in [2.45, 2.75) is 13.3 Å². The van der Waals surface area contributed by atoms with Crippen LogP contribution in [-0.2, 0) is 11.2 Å². The monoisotopic (exact) mass is 267 g/mol. The van der Waals surface area contributed by atoms with Crippen molar-refractivity contribution in [3.8, 4) is 0 Å². The first-order valence-electron chi connectivity index (χ1n) is 6.29. The molecule has 2 amide bonds. The van der Waals surface area contributed by atoms with Gasteiger partial charge in [0.05, 0.1) is 17.8 Å². The Balaban J connectivity index is 1.84. The molecule has 0 unspecified atom stereocenters. The predicted molar refractivity (Wildman–Crippen MR) is 75.7 cm³/mol. The highest BCUT2D eigenvalue weighted by molar-refractivity contribution is 6.06. The van der Waals surface area contributed by atoms with Crippen LogP contribution in [0.15, 0.2) is 36.5 Å². The number of hydrogen-bond donors (Lipinski definition) is 2. The van der Waals surface area contributed by atoms with Crippen molar-refractivity contribution in [2.75, 3.05) is 10.6 Å². The molecule has 3 rings (SSSR count). The van der Waals surface area contributed by atoms with E-state index in [1.165, 1.54) is 0 Å². The zero-order valence-corrected chi connectivity index (χ0v) is 10.9. The molecule has 2 heterocycles. The first-order chi connectivity index (χ1) is 9.63. The van der Waals surface area contributed by atoms with E-state index < -0.39 is 0 Å². The van der Waals surface area contributed by atoms with Crippen molar-refractivity contribution in [1.29, 1.82) is 0 Å². The Kier molecular flexibility index (Phi) is 2.95. The summed E-state index contributed by atoms with van der Waals surface area (Å²) in [6.45, 7) is 1.83. The third kappa shape index (κ3) is 2.25. The second-order valence-corrected chi connectivity index (χ2v) is 4.69. The van der Waals surface area contributed by atoms with E-state index in [0.29, 0.717) is 17.7 Å². The summed E-state index contributed by atoms with van der Waals surface area (Å²) in [5.74, 6) is -0.246. The molecule has 1 aromatic carbocycles. The summed E-state index contributed by atoms with van der Waals surface area (Å²) < 4.78 is 0. The number of nitrogens with one attached hydrogen (secondary N) is 2. The SMILES string of the molecule is Cc1ncccc1NC(=O)c1ccc2c(c1)CC(=O)N2. The Bertz CT molecular complexity index is 710. The summed E-state index contributed by atoms with van der Waals surface area (Å²) in [7, 11) is 0. The van der Waals surface area contributed by atoms with Crippen LogP contribution in [0.3, 0.4) is 0 Å². The normalized spacial score (nSPS) is 12.8. The second-order valence-electron chi connectivity index (χ2n) is 4.69. The van der Waals surface area contributed by atoms with Gasteiger partial charge in [-0.3, -0.25) is 14.6 Å². The number of fused-ring (bicyclic) bond motifs is 1. The quantitative estimate of drug-likeness (QED) is 0.875. The largest absolute Gasteiger partial charge is 0.326 e. The van der Waals surface area contributed by atoms with Gasteiger partial charge in [-0.15, -0.1) is 0 Å². The minimum absolute atomic E-state index is 0.0411. The minimum Gasteiger partial charge on any atom is -0.326 e. The van der Waals surface area contributed by atoms with E-state index in [4.69, 9.17) is 0 Å². The fraction of sp³-hybridized carbons (Fsp3) is 0.133. The first-order valence-corrected chi connectivity index (χ1v) is 6.29. The number of amides is 2. The lowest BCUT2D eigenvalue weighted by Crippen LogP contribution is -2.13. The number of hydrogen-bond acceptors (Lipinski definition) is 3. The second kappa shape index (κ2) is 4.77. The molecule has 0 aliphatic carbocycles. The predicted octanol–water partition coefficient (Wildman–Crippen LogP) is 2.14. The highest BCUT2D eigenvalue weighted by Crippen LogP contribution is 2.24. The van der Waals surface area contributed by atoms with Crippen molar-refractivity contribution in [3.63, 3.8) is 0 Å². The van der Waals surface area contributed by atoms with Gasteiger partial charge in [0.15, 0.2) is 0 Å². The molecule has 2 aromatic rings. The summed E-state index contributed by atoms with van der Waals surface area (Å²) in [5, 5.41) is 5.56. The molecule has 2 N–H and O–H groups in total. The molecule has 0 fully saturated rings. The molecule has 0 spiro atoms. The first kappa shape index (κ1) is 12.3. The van der Waals surface area contributed by atoms with Gasteiger partial charge in [-0.2, -0.15) is 0 Å². The number of carbonyl (C=O) groups is 2. The number of carbonyl (C=O) groups excluding carboxylic acids is 2. The molecule has 0 saturated heterocycles. The number of aryl methyl sites for hydroxylation is 1. The lowest BCUT2D eigenvalue weighted by atomic mass is 10.1. The molecule has 0 bridgehead atoms. The molecule has 0 saturated carbocycles. The van der Waals surface area contributed by atoms with E-state index in [-0.39, 0.29) is 11.8 Å². The van der Waals surface area contributed by atoms with E-state index in [0.717, 1.165) is 16.9 Å². The molecule has 5 heteroatoms. The van der Waals surface area contributed by atoms with E-state index in [1.807, 2.05) is 6.92 Å². The Morgan fingerprint density at radius 3 is 3.00 bits per heavy atom. The van der Waals surface area contributed by atoms with Crippen molar-refractivity contribution in [2.24, 2.45) is 0 Å². The molecule has 100 valence electrons. The smallest absolute Gasteiger partial charge is 0.255 e. The van der Waals surface area contributed by atoms with Crippen LogP contribution in [0.2, 0.25) is 0 Å². The fourth-order valence-electron chi connectivity index (χ4n) is 2.18. The van der Waals surface area contributed by atoms with Crippen molar-refractivity contribution < 1.29 is 9.59 Å². The van der Waals surface area contributed by atoms with Crippen LogP contribution in [0.25, 0.3) is 0 Å². The van der Waals surface area contributed by atoms with E-state index in [1.54, 1.807) is 36.5 Å². The maximum absolute atomic E-state index is 12.2. The number of nitrogens with zero attached hydrogens (tertiary/aromatic N) is 1. The third-order valence-corrected chi connectivity index (χ3v) is 3.25. The average molecular weight is 267 g/mol. The standard InChI is InChI=1S/C15H13N3O2/c1-9-12(3-2-6-16-9)18-15(20)10-4-5-13-11(7-10)8-14(19)17-13/h2-7H,8H2,1H3,(H,17,19)(H,18,20). The number of rotatable bonds is 2. The summed E-state index contributed by atoms with van der Waals surface area (Å²) in [6, 6.07) is 8.78. The van der Waals surface area contributed by atoms with Crippen LogP contribution in [-0.4, -0.2) is 16.8 Å². The van der Waals surface area contributed by atoms with Crippen LogP contribution >= 0.6 is 0 Å². The minimum atomic E-state index is -0.205. The van der Waals surface area contributed by atoms with Gasteiger partial charge in [-0.1, -0.05) is 0 Å². The highest BCUT2D eigenvalue weighted by Gasteiger charge is 2.19. The highest BCUT2D eigenvalue weighted by atomic mass is 16.2. The molecule has 0 atom stereocenters.